The van der Waals surface area contributed by atoms with Crippen LogP contribution in [0.4, 0.5) is 5.95 Å². The third-order valence-electron chi connectivity index (χ3n) is 5.78. The summed E-state index contributed by atoms with van der Waals surface area (Å²) < 4.78 is 1.39. The van der Waals surface area contributed by atoms with Crippen LogP contribution in [0.1, 0.15) is 39.9 Å². The molecule has 1 aliphatic carbocycles. The fourth-order valence-electron chi connectivity index (χ4n) is 3.95. The molecule has 0 aromatic carbocycles. The summed E-state index contributed by atoms with van der Waals surface area (Å²) in [7, 11) is 1.61. The van der Waals surface area contributed by atoms with Crippen molar-refractivity contribution in [2.24, 2.45) is 7.05 Å². The zero-order chi connectivity index (χ0) is 20.3. The molecule has 0 atom stereocenters. The Labute approximate surface area is 169 Å². The minimum atomic E-state index is -0.359. The molecule has 1 saturated carbocycles. The van der Waals surface area contributed by atoms with Gasteiger partial charge in [-0.25, -0.2) is 9.78 Å². The summed E-state index contributed by atoms with van der Waals surface area (Å²) in [6.45, 7) is 2.60. The maximum Gasteiger partial charge on any atom is 0.327 e. The molecule has 9 nitrogen and oxygen atoms in total. The van der Waals surface area contributed by atoms with E-state index in [0.717, 1.165) is 24.1 Å². The Morgan fingerprint density at radius 3 is 2.90 bits per heavy atom. The number of hydrogen-bond donors (Lipinski definition) is 2. The van der Waals surface area contributed by atoms with Gasteiger partial charge in [-0.1, -0.05) is 6.92 Å². The first-order valence-corrected chi connectivity index (χ1v) is 10.4. The van der Waals surface area contributed by atoms with Gasteiger partial charge in [0.15, 0.2) is 5.65 Å². The first kappa shape index (κ1) is 18.0. The highest BCUT2D eigenvalue weighted by atomic mass is 32.1. The molecule has 0 saturated heterocycles. The van der Waals surface area contributed by atoms with Gasteiger partial charge in [-0.3, -0.25) is 24.5 Å². The standard InChI is InChI=1S/C19H20N6O3S/c1-3-10-6-11-14(29-10)16(27)25(9-19(11)4-5-19)8-13(26)21-17-20-7-12-15(22-17)23-18(28)24(12)2/h6-7H,3-5,8-9H2,1-2H3,(H2,20,21,22,23,26,28). The van der Waals surface area contributed by atoms with Crippen molar-refractivity contribution in [3.05, 3.63) is 38.1 Å². The number of H-pyrrole nitrogens is 1. The van der Waals surface area contributed by atoms with Crippen LogP contribution in [0.25, 0.3) is 11.2 Å². The summed E-state index contributed by atoms with van der Waals surface area (Å²) in [4.78, 5) is 51.7. The monoisotopic (exact) mass is 412 g/mol. The van der Waals surface area contributed by atoms with Gasteiger partial charge in [-0.05, 0) is 30.9 Å². The van der Waals surface area contributed by atoms with E-state index in [2.05, 4.69) is 33.3 Å². The summed E-state index contributed by atoms with van der Waals surface area (Å²) in [6.07, 6.45) is 4.48. The van der Waals surface area contributed by atoms with Gasteiger partial charge in [0.2, 0.25) is 11.9 Å². The third kappa shape index (κ3) is 2.86. The molecule has 150 valence electrons. The normalized spacial score (nSPS) is 17.0. The third-order valence-corrected chi connectivity index (χ3v) is 7.05. The Morgan fingerprint density at radius 2 is 2.17 bits per heavy atom. The molecule has 4 heterocycles. The molecular weight excluding hydrogens is 392 g/mol. The van der Waals surface area contributed by atoms with E-state index in [1.54, 1.807) is 23.3 Å². The predicted molar refractivity (Wildman–Crippen MR) is 108 cm³/mol. The number of aromatic nitrogens is 4. The molecule has 2 N–H and O–H groups in total. The molecule has 1 spiro atoms. The number of hydrogen-bond acceptors (Lipinski definition) is 6. The van der Waals surface area contributed by atoms with Crippen molar-refractivity contribution in [3.63, 3.8) is 0 Å². The Kier molecular flexibility index (Phi) is 3.89. The van der Waals surface area contributed by atoms with Crippen molar-refractivity contribution in [1.29, 1.82) is 0 Å². The molecule has 10 heteroatoms. The minimum Gasteiger partial charge on any atom is -0.328 e. The molecule has 1 fully saturated rings. The quantitative estimate of drug-likeness (QED) is 0.673. The summed E-state index contributed by atoms with van der Waals surface area (Å²) in [6, 6.07) is 2.17. The first-order valence-electron chi connectivity index (χ1n) is 9.54. The van der Waals surface area contributed by atoms with E-state index in [0.29, 0.717) is 17.7 Å². The van der Waals surface area contributed by atoms with Gasteiger partial charge in [-0.15, -0.1) is 11.3 Å². The number of imidazole rings is 1. The van der Waals surface area contributed by atoms with Crippen LogP contribution in [-0.2, 0) is 23.7 Å². The summed E-state index contributed by atoms with van der Waals surface area (Å²) in [5, 5.41) is 2.64. The van der Waals surface area contributed by atoms with Gasteiger partial charge < -0.3 is 4.90 Å². The molecule has 1 aliphatic heterocycles. The van der Waals surface area contributed by atoms with Crippen molar-refractivity contribution in [1.82, 2.24) is 24.4 Å². The van der Waals surface area contributed by atoms with Gasteiger partial charge in [0.1, 0.15) is 12.1 Å². The van der Waals surface area contributed by atoms with Crippen molar-refractivity contribution in [2.45, 2.75) is 31.6 Å². The second-order valence-corrected chi connectivity index (χ2v) is 8.85. The lowest BCUT2D eigenvalue weighted by Gasteiger charge is -2.32. The topological polar surface area (TPSA) is 113 Å². The number of aryl methyl sites for hydroxylation is 2. The van der Waals surface area contributed by atoms with Crippen LogP contribution in [0.3, 0.4) is 0 Å². The molecule has 0 radical (unpaired) electrons. The molecule has 3 aromatic rings. The van der Waals surface area contributed by atoms with Crippen LogP contribution >= 0.6 is 11.3 Å². The van der Waals surface area contributed by atoms with Crippen molar-refractivity contribution in [3.8, 4) is 0 Å². The van der Waals surface area contributed by atoms with Gasteiger partial charge in [0.25, 0.3) is 5.91 Å². The zero-order valence-corrected chi connectivity index (χ0v) is 16.9. The number of nitrogens with zero attached hydrogens (tertiary/aromatic N) is 4. The maximum atomic E-state index is 12.9. The number of thiophene rings is 1. The number of carbonyl (C=O) groups is 2. The first-order chi connectivity index (χ1) is 13.9. The van der Waals surface area contributed by atoms with Crippen molar-refractivity contribution < 1.29 is 9.59 Å². The van der Waals surface area contributed by atoms with E-state index >= 15 is 0 Å². The van der Waals surface area contributed by atoms with Crippen molar-refractivity contribution in [2.75, 3.05) is 18.4 Å². The lowest BCUT2D eigenvalue weighted by Crippen LogP contribution is -2.46. The zero-order valence-electron chi connectivity index (χ0n) is 16.1. The molecule has 0 unspecified atom stereocenters. The van der Waals surface area contributed by atoms with Crippen LogP contribution < -0.4 is 11.0 Å². The smallest absolute Gasteiger partial charge is 0.327 e. The lowest BCUT2D eigenvalue weighted by atomic mass is 9.91. The highest BCUT2D eigenvalue weighted by Gasteiger charge is 2.52. The number of carbonyl (C=O) groups excluding carboxylic acids is 2. The van der Waals surface area contributed by atoms with Gasteiger partial charge in [0, 0.05) is 23.9 Å². The average molecular weight is 412 g/mol. The number of nitrogens with one attached hydrogen (secondary N) is 2. The minimum absolute atomic E-state index is 0.0202. The Morgan fingerprint density at radius 1 is 1.38 bits per heavy atom. The van der Waals surface area contributed by atoms with E-state index < -0.39 is 0 Å². The Balaban J connectivity index is 1.34. The molecule has 2 amide bonds. The second kappa shape index (κ2) is 6.24. The van der Waals surface area contributed by atoms with E-state index in [4.69, 9.17) is 0 Å². The number of rotatable bonds is 4. The highest BCUT2D eigenvalue weighted by molar-refractivity contribution is 7.14. The fraction of sp³-hybridized carbons (Fsp3) is 0.421. The van der Waals surface area contributed by atoms with Crippen LogP contribution in [0.2, 0.25) is 0 Å². The number of aromatic amines is 1. The lowest BCUT2D eigenvalue weighted by molar-refractivity contribution is -0.117. The molecule has 29 heavy (non-hydrogen) atoms. The molecule has 5 rings (SSSR count). The van der Waals surface area contributed by atoms with E-state index in [1.807, 2.05) is 0 Å². The fourth-order valence-corrected chi connectivity index (χ4v) is 5.13. The number of fused-ring (bicyclic) bond motifs is 3. The van der Waals surface area contributed by atoms with Crippen molar-refractivity contribution >= 4 is 40.3 Å². The average Bonchev–Trinajstić information content (AvgIpc) is 3.21. The summed E-state index contributed by atoms with van der Waals surface area (Å²) >= 11 is 1.54. The second-order valence-electron chi connectivity index (χ2n) is 7.72. The Hall–Kier alpha value is -3.01. The van der Waals surface area contributed by atoms with Gasteiger partial charge in [-0.2, -0.15) is 4.98 Å². The molecule has 2 aliphatic rings. The SMILES string of the molecule is CCc1cc2c(s1)C(=O)N(CC(=O)Nc1ncc3c(n1)[nH]c(=O)n3C)CC21CC1. The molecular formula is C19H20N6O3S. The number of anilines is 1. The summed E-state index contributed by atoms with van der Waals surface area (Å²) in [5.41, 5.74) is 1.79. The van der Waals surface area contributed by atoms with E-state index in [9.17, 15) is 14.4 Å². The van der Waals surface area contributed by atoms with Crippen LogP contribution in [0, 0.1) is 0 Å². The Bertz CT molecular complexity index is 1220. The van der Waals surface area contributed by atoms with Gasteiger partial charge >= 0.3 is 5.69 Å². The van der Waals surface area contributed by atoms with E-state index in [-0.39, 0.29) is 35.4 Å². The molecule has 0 bridgehead atoms. The largest absolute Gasteiger partial charge is 0.328 e. The van der Waals surface area contributed by atoms with E-state index in [1.165, 1.54) is 21.2 Å². The molecule has 3 aromatic heterocycles. The maximum absolute atomic E-state index is 12.9. The van der Waals surface area contributed by atoms with Crippen LogP contribution in [0.5, 0.6) is 0 Å². The number of amides is 2. The van der Waals surface area contributed by atoms with Crippen LogP contribution in [0.15, 0.2) is 17.1 Å². The highest BCUT2D eigenvalue weighted by Crippen LogP contribution is 2.54. The predicted octanol–water partition coefficient (Wildman–Crippen LogP) is 1.41. The van der Waals surface area contributed by atoms with Crippen LogP contribution in [-0.4, -0.2) is 49.3 Å². The van der Waals surface area contributed by atoms with Gasteiger partial charge in [0.05, 0.1) is 11.1 Å². The summed E-state index contributed by atoms with van der Waals surface area (Å²) in [5.74, 6) is -0.344.